The number of hydrogen-bond donors (Lipinski definition) is 4. The molecule has 0 saturated carbocycles. The minimum absolute atomic E-state index is 0.00563. The van der Waals surface area contributed by atoms with Gasteiger partial charge in [-0.2, -0.15) is 18.6 Å². The van der Waals surface area contributed by atoms with Crippen molar-refractivity contribution in [3.8, 4) is 5.88 Å². The number of ether oxygens (including phenoxy) is 1. The van der Waals surface area contributed by atoms with Gasteiger partial charge in [-0.1, -0.05) is 11.6 Å². The number of aromatic nitrogens is 1. The highest BCUT2D eigenvalue weighted by Crippen LogP contribution is 2.20. The number of hydrogen-bond acceptors (Lipinski definition) is 5. The number of halogens is 4. The van der Waals surface area contributed by atoms with Gasteiger partial charge in [-0.15, -0.1) is 0 Å². The zero-order valence-electron chi connectivity index (χ0n) is 11.8. The topological polar surface area (TPSA) is 89.2 Å². The fourth-order valence-corrected chi connectivity index (χ4v) is 1.89. The van der Waals surface area contributed by atoms with Crippen LogP contribution in [0, 0.1) is 0 Å². The van der Waals surface area contributed by atoms with Crippen LogP contribution >= 0.6 is 11.6 Å². The van der Waals surface area contributed by atoms with E-state index >= 15 is 0 Å². The Labute approximate surface area is 134 Å². The fourth-order valence-electron chi connectivity index (χ4n) is 1.69. The smallest absolute Gasteiger partial charge is 0.422 e. The molecule has 1 amide bonds. The van der Waals surface area contributed by atoms with Crippen molar-refractivity contribution in [3.63, 3.8) is 0 Å². The predicted molar refractivity (Wildman–Crippen MR) is 74.9 cm³/mol. The average molecular weight is 353 g/mol. The van der Waals surface area contributed by atoms with Gasteiger partial charge in [-0.3, -0.25) is 15.1 Å². The molecule has 0 radical (unpaired) electrons. The summed E-state index contributed by atoms with van der Waals surface area (Å²) in [5.41, 5.74) is 5.01. The third-order valence-electron chi connectivity index (χ3n) is 2.67. The molecule has 0 atom stereocenters. The number of alkyl halides is 3. The van der Waals surface area contributed by atoms with Crippen LogP contribution < -0.4 is 25.9 Å². The van der Waals surface area contributed by atoms with Gasteiger partial charge in [0.2, 0.25) is 5.88 Å². The van der Waals surface area contributed by atoms with Crippen LogP contribution in [-0.4, -0.2) is 42.7 Å². The van der Waals surface area contributed by atoms with Crippen LogP contribution in [-0.2, 0) is 0 Å². The molecule has 1 aliphatic rings. The van der Waals surface area contributed by atoms with Crippen molar-refractivity contribution in [1.82, 2.24) is 21.2 Å². The van der Waals surface area contributed by atoms with Gasteiger partial charge < -0.3 is 4.74 Å². The molecule has 4 N–H and O–H groups in total. The summed E-state index contributed by atoms with van der Waals surface area (Å²) in [5.74, 6) is -0.465. The minimum atomic E-state index is -4.51. The maximum absolute atomic E-state index is 12.1. The van der Waals surface area contributed by atoms with Gasteiger partial charge in [0.05, 0.1) is 18.7 Å². The Hall–Kier alpha value is -2.23. The molecule has 0 spiro atoms. The highest BCUT2D eigenvalue weighted by molar-refractivity contribution is 6.29. The fraction of sp³-hybridized carbons (Fsp3) is 0.417. The minimum Gasteiger partial charge on any atom is -0.468 e. The Morgan fingerprint density at radius 3 is 2.91 bits per heavy atom. The number of carbonyl (C=O) groups excluding carboxylic acids is 1. The Kier molecular flexibility index (Phi) is 5.48. The first-order valence-electron chi connectivity index (χ1n) is 6.62. The molecule has 0 aromatic carbocycles. The molecule has 1 aliphatic heterocycles. The lowest BCUT2D eigenvalue weighted by Gasteiger charge is -2.11. The van der Waals surface area contributed by atoms with Gasteiger partial charge in [-0.25, -0.2) is 10.4 Å². The number of nitrogens with zero attached hydrogens (tertiary/aromatic N) is 1. The molecule has 0 bridgehead atoms. The summed E-state index contributed by atoms with van der Waals surface area (Å²) in [7, 11) is 0. The first-order valence-corrected chi connectivity index (χ1v) is 6.99. The van der Waals surface area contributed by atoms with Crippen LogP contribution in [0.1, 0.15) is 16.8 Å². The molecule has 23 heavy (non-hydrogen) atoms. The molecule has 0 aliphatic carbocycles. The van der Waals surface area contributed by atoms with Crippen molar-refractivity contribution in [2.75, 3.05) is 19.7 Å². The van der Waals surface area contributed by atoms with E-state index in [0.717, 1.165) is 25.6 Å². The van der Waals surface area contributed by atoms with Crippen molar-refractivity contribution >= 4 is 23.5 Å². The number of carbonyl (C=O) groups is 1. The molecule has 126 valence electrons. The maximum Gasteiger partial charge on any atom is 0.422 e. The van der Waals surface area contributed by atoms with Gasteiger partial charge in [0, 0.05) is 12.5 Å². The van der Waals surface area contributed by atoms with Crippen LogP contribution in [0.15, 0.2) is 12.1 Å². The zero-order chi connectivity index (χ0) is 16.9. The Bertz CT molecular complexity index is 609. The summed E-state index contributed by atoms with van der Waals surface area (Å²) >= 11 is 5.69. The van der Waals surface area contributed by atoms with Gasteiger partial charge >= 0.3 is 12.1 Å². The molecule has 1 aromatic rings. The van der Waals surface area contributed by atoms with Crippen molar-refractivity contribution in [2.24, 2.45) is 0 Å². The van der Waals surface area contributed by atoms with Crippen molar-refractivity contribution in [3.05, 3.63) is 22.8 Å². The summed E-state index contributed by atoms with van der Waals surface area (Å²) in [6.45, 7) is -0.0190. The first kappa shape index (κ1) is 17.1. The summed E-state index contributed by atoms with van der Waals surface area (Å²) in [6, 6.07) is 2.28. The van der Waals surface area contributed by atoms with Crippen LogP contribution in [0.2, 0.25) is 5.15 Å². The number of pyridine rings is 1. The first-order chi connectivity index (χ1) is 10.8. The lowest BCUT2D eigenvalue weighted by atomic mass is 10.2. The molecule has 0 fully saturated rings. The second kappa shape index (κ2) is 7.36. The predicted octanol–water partition coefficient (Wildman–Crippen LogP) is -0.660. The van der Waals surface area contributed by atoms with E-state index in [-0.39, 0.29) is 16.6 Å². The van der Waals surface area contributed by atoms with Gasteiger partial charge in [0.1, 0.15) is 5.15 Å². The average Bonchev–Trinajstić information content (AvgIpc) is 2.50. The number of nitrogens with one attached hydrogen (secondary N) is 4. The van der Waals surface area contributed by atoms with Crippen LogP contribution in [0.5, 0.6) is 5.88 Å². The van der Waals surface area contributed by atoms with Crippen molar-refractivity contribution in [1.29, 1.82) is 0 Å². The Morgan fingerprint density at radius 2 is 2.26 bits per heavy atom. The number of guanidine groups is 1. The Balaban J connectivity index is 1.99. The summed E-state index contributed by atoms with van der Waals surface area (Å²) in [6.07, 6.45) is -3.57. The van der Waals surface area contributed by atoms with E-state index in [1.54, 1.807) is 0 Å². The molecular formula is C12H14ClF3N5O2+. The molecule has 11 heteroatoms. The highest BCUT2D eigenvalue weighted by Gasteiger charge is 2.29. The summed E-state index contributed by atoms with van der Waals surface area (Å²) in [5, 5.41) is 2.82. The van der Waals surface area contributed by atoms with E-state index < -0.39 is 18.7 Å². The number of amides is 1. The van der Waals surface area contributed by atoms with Crippen LogP contribution in [0.4, 0.5) is 13.2 Å². The lowest BCUT2D eigenvalue weighted by molar-refractivity contribution is -0.467. The normalized spacial score (nSPS) is 14.5. The molecule has 2 heterocycles. The van der Waals surface area contributed by atoms with Crippen molar-refractivity contribution in [2.45, 2.75) is 12.6 Å². The molecule has 0 unspecified atom stereocenters. The SMILES string of the molecule is O=C(NNC1=[NH+]CCCN1)c1cc(Cl)nc(OCC(F)(F)F)c1. The standard InChI is InChI=1S/C12H13ClF3N5O2/c13-8-4-7(5-9(19-8)23-6-12(14,15)16)10(22)20-21-11-17-2-1-3-18-11/h4-5H,1-3,6H2,(H,20,22)(H2,17,18,21)/p+1. The molecule has 0 saturated heterocycles. The molecule has 2 rings (SSSR count). The van der Waals surface area contributed by atoms with E-state index in [4.69, 9.17) is 11.6 Å². The van der Waals surface area contributed by atoms with Gasteiger partial charge in [0.25, 0.3) is 5.91 Å². The van der Waals surface area contributed by atoms with Gasteiger partial charge in [0.15, 0.2) is 6.61 Å². The van der Waals surface area contributed by atoms with E-state index in [1.807, 2.05) is 0 Å². The van der Waals surface area contributed by atoms with Crippen molar-refractivity contribution < 1.29 is 27.7 Å². The lowest BCUT2D eigenvalue weighted by Crippen LogP contribution is -2.83. The second-order valence-electron chi connectivity index (χ2n) is 4.58. The Morgan fingerprint density at radius 1 is 1.48 bits per heavy atom. The summed E-state index contributed by atoms with van der Waals surface area (Å²) in [4.78, 5) is 18.5. The highest BCUT2D eigenvalue weighted by atomic mass is 35.5. The number of rotatable bonds is 3. The number of hydrazine groups is 1. The van der Waals surface area contributed by atoms with Crippen LogP contribution in [0.25, 0.3) is 0 Å². The molecular weight excluding hydrogens is 339 g/mol. The molecule has 7 nitrogen and oxygen atoms in total. The van der Waals surface area contributed by atoms with Crippen LogP contribution in [0.3, 0.4) is 0 Å². The zero-order valence-corrected chi connectivity index (χ0v) is 12.5. The summed E-state index contributed by atoms with van der Waals surface area (Å²) < 4.78 is 40.9. The maximum atomic E-state index is 12.1. The third kappa shape index (κ3) is 5.81. The van der Waals surface area contributed by atoms with E-state index in [9.17, 15) is 18.0 Å². The van der Waals surface area contributed by atoms with E-state index in [1.165, 1.54) is 6.07 Å². The largest absolute Gasteiger partial charge is 0.468 e. The monoisotopic (exact) mass is 352 g/mol. The molecule has 1 aromatic heterocycles. The van der Waals surface area contributed by atoms with Gasteiger partial charge in [-0.05, 0) is 6.07 Å². The third-order valence-corrected chi connectivity index (χ3v) is 2.87. The quantitative estimate of drug-likeness (QED) is 0.428. The second-order valence-corrected chi connectivity index (χ2v) is 4.97. The van der Waals surface area contributed by atoms with E-state index in [0.29, 0.717) is 5.96 Å². The van der Waals surface area contributed by atoms with E-state index in [2.05, 4.69) is 30.9 Å².